The van der Waals surface area contributed by atoms with E-state index in [1.807, 2.05) is 6.07 Å². The molecule has 1 aliphatic heterocycles. The van der Waals surface area contributed by atoms with Gasteiger partial charge in [-0.15, -0.1) is 0 Å². The van der Waals surface area contributed by atoms with Crippen LogP contribution in [0.3, 0.4) is 0 Å². The lowest BCUT2D eigenvalue weighted by Crippen LogP contribution is -2.36. The quantitative estimate of drug-likeness (QED) is 0.932. The molecular weight excluding hydrogens is 321 g/mol. The molecule has 3 heterocycles. The second-order valence-electron chi connectivity index (χ2n) is 5.76. The summed E-state index contributed by atoms with van der Waals surface area (Å²) in [5, 5.41) is 10.4. The minimum Gasteiger partial charge on any atom is -0.387 e. The van der Waals surface area contributed by atoms with Crippen LogP contribution in [-0.4, -0.2) is 33.1 Å². The highest BCUT2D eigenvalue weighted by atomic mass is 19.4. The van der Waals surface area contributed by atoms with E-state index in [0.717, 1.165) is 6.20 Å². The lowest BCUT2D eigenvalue weighted by atomic mass is 9.89. The molecular formula is C16H17F3N4O. The van der Waals surface area contributed by atoms with Crippen molar-refractivity contribution in [3.05, 3.63) is 48.2 Å². The molecule has 1 saturated heterocycles. The molecule has 0 bridgehead atoms. The van der Waals surface area contributed by atoms with Gasteiger partial charge >= 0.3 is 6.18 Å². The van der Waals surface area contributed by atoms with Crippen LogP contribution >= 0.6 is 0 Å². The first-order valence-corrected chi connectivity index (χ1v) is 7.69. The van der Waals surface area contributed by atoms with Gasteiger partial charge in [0.05, 0.1) is 11.8 Å². The SMILES string of the molecule is O[C@@H](c1ccccn1)C1CCN(c2ccnc(C(F)(F)F)n2)CC1. The molecule has 0 spiro atoms. The summed E-state index contributed by atoms with van der Waals surface area (Å²) in [6.07, 6.45) is -1.15. The van der Waals surface area contributed by atoms with E-state index in [-0.39, 0.29) is 11.7 Å². The van der Waals surface area contributed by atoms with Crippen LogP contribution in [0.25, 0.3) is 0 Å². The van der Waals surface area contributed by atoms with Gasteiger partial charge in [-0.05, 0) is 37.0 Å². The number of hydrogen-bond donors (Lipinski definition) is 1. The van der Waals surface area contributed by atoms with Gasteiger partial charge in [0, 0.05) is 25.5 Å². The van der Waals surface area contributed by atoms with Crippen molar-refractivity contribution in [2.75, 3.05) is 18.0 Å². The van der Waals surface area contributed by atoms with Crippen LogP contribution in [0.5, 0.6) is 0 Å². The third kappa shape index (κ3) is 3.64. The number of aromatic nitrogens is 3. The van der Waals surface area contributed by atoms with Crippen molar-refractivity contribution < 1.29 is 18.3 Å². The molecule has 0 aromatic carbocycles. The predicted octanol–water partition coefficient (Wildman–Crippen LogP) is 2.84. The van der Waals surface area contributed by atoms with Crippen LogP contribution in [0.15, 0.2) is 36.7 Å². The molecule has 1 atom stereocenters. The van der Waals surface area contributed by atoms with Crippen LogP contribution in [0.1, 0.15) is 30.5 Å². The highest BCUT2D eigenvalue weighted by Crippen LogP contribution is 2.32. The molecule has 8 heteroatoms. The number of aliphatic hydroxyl groups excluding tert-OH is 1. The minimum absolute atomic E-state index is 0.0278. The van der Waals surface area contributed by atoms with E-state index in [9.17, 15) is 18.3 Å². The molecule has 0 radical (unpaired) electrons. The maximum atomic E-state index is 12.7. The summed E-state index contributed by atoms with van der Waals surface area (Å²) in [6.45, 7) is 1.06. The molecule has 0 amide bonds. The van der Waals surface area contributed by atoms with Gasteiger partial charge < -0.3 is 10.0 Å². The van der Waals surface area contributed by atoms with Gasteiger partial charge in [-0.1, -0.05) is 6.07 Å². The highest BCUT2D eigenvalue weighted by molar-refractivity contribution is 5.38. The number of alkyl halides is 3. The summed E-state index contributed by atoms with van der Waals surface area (Å²) in [6, 6.07) is 6.86. The summed E-state index contributed by atoms with van der Waals surface area (Å²) in [5.74, 6) is -0.834. The zero-order valence-corrected chi connectivity index (χ0v) is 12.8. The van der Waals surface area contributed by atoms with Crippen LogP contribution in [0.2, 0.25) is 0 Å². The Morgan fingerprint density at radius 2 is 1.83 bits per heavy atom. The fourth-order valence-electron chi connectivity index (χ4n) is 2.90. The number of nitrogens with zero attached hydrogens (tertiary/aromatic N) is 4. The molecule has 0 unspecified atom stereocenters. The molecule has 1 N–H and O–H groups in total. The van der Waals surface area contributed by atoms with Crippen LogP contribution in [-0.2, 0) is 6.18 Å². The predicted molar refractivity (Wildman–Crippen MR) is 81.2 cm³/mol. The largest absolute Gasteiger partial charge is 0.451 e. The normalized spacial score (nSPS) is 17.8. The van der Waals surface area contributed by atoms with E-state index >= 15 is 0 Å². The van der Waals surface area contributed by atoms with Crippen molar-refractivity contribution in [1.29, 1.82) is 0 Å². The van der Waals surface area contributed by atoms with E-state index < -0.39 is 18.1 Å². The van der Waals surface area contributed by atoms with E-state index in [1.165, 1.54) is 6.07 Å². The smallest absolute Gasteiger partial charge is 0.387 e. The Hall–Kier alpha value is -2.22. The Morgan fingerprint density at radius 3 is 2.46 bits per heavy atom. The lowest BCUT2D eigenvalue weighted by molar-refractivity contribution is -0.144. The summed E-state index contributed by atoms with van der Waals surface area (Å²) >= 11 is 0. The molecule has 3 rings (SSSR count). The van der Waals surface area contributed by atoms with E-state index in [0.29, 0.717) is 31.6 Å². The first-order valence-electron chi connectivity index (χ1n) is 7.69. The van der Waals surface area contributed by atoms with E-state index in [4.69, 9.17) is 0 Å². The average molecular weight is 338 g/mol. The molecule has 5 nitrogen and oxygen atoms in total. The van der Waals surface area contributed by atoms with Gasteiger partial charge in [0.15, 0.2) is 0 Å². The van der Waals surface area contributed by atoms with E-state index in [1.54, 1.807) is 23.2 Å². The summed E-state index contributed by atoms with van der Waals surface area (Å²) < 4.78 is 38.1. The fraction of sp³-hybridized carbons (Fsp3) is 0.438. The Bertz CT molecular complexity index is 673. The number of pyridine rings is 1. The maximum absolute atomic E-state index is 12.7. The molecule has 1 aliphatic rings. The number of rotatable bonds is 3. The number of halogens is 3. The fourth-order valence-corrected chi connectivity index (χ4v) is 2.90. The molecule has 0 aliphatic carbocycles. The third-order valence-corrected chi connectivity index (χ3v) is 4.20. The van der Waals surface area contributed by atoms with Crippen molar-refractivity contribution in [2.45, 2.75) is 25.1 Å². The molecule has 128 valence electrons. The van der Waals surface area contributed by atoms with Crippen LogP contribution < -0.4 is 4.90 Å². The van der Waals surface area contributed by atoms with Gasteiger partial charge in [0.1, 0.15) is 5.82 Å². The molecule has 2 aromatic rings. The highest BCUT2D eigenvalue weighted by Gasteiger charge is 2.35. The Labute approximate surface area is 137 Å². The summed E-state index contributed by atoms with van der Waals surface area (Å²) in [7, 11) is 0. The minimum atomic E-state index is -4.55. The molecule has 1 fully saturated rings. The monoisotopic (exact) mass is 338 g/mol. The summed E-state index contributed by atoms with van der Waals surface area (Å²) in [5.41, 5.74) is 0.623. The number of piperidine rings is 1. The second kappa shape index (κ2) is 6.72. The first-order chi connectivity index (χ1) is 11.4. The molecule has 2 aromatic heterocycles. The number of anilines is 1. The summed E-state index contributed by atoms with van der Waals surface area (Å²) in [4.78, 5) is 12.8. The second-order valence-corrected chi connectivity index (χ2v) is 5.76. The van der Waals surface area contributed by atoms with Gasteiger partial charge in [-0.3, -0.25) is 4.98 Å². The Balaban J connectivity index is 1.65. The zero-order chi connectivity index (χ0) is 17.2. The maximum Gasteiger partial charge on any atom is 0.451 e. The van der Waals surface area contributed by atoms with Crippen molar-refractivity contribution in [3.8, 4) is 0 Å². The van der Waals surface area contributed by atoms with E-state index in [2.05, 4.69) is 15.0 Å². The van der Waals surface area contributed by atoms with Crippen molar-refractivity contribution >= 4 is 5.82 Å². The standard InChI is InChI=1S/C16H17F3N4O/c17-16(18,19)15-21-8-4-13(22-15)23-9-5-11(6-10-23)14(24)12-3-1-2-7-20-12/h1-4,7-8,11,14,24H,5-6,9-10H2/t14-/m1/s1. The van der Waals surface area contributed by atoms with Crippen LogP contribution in [0.4, 0.5) is 19.0 Å². The Kier molecular flexibility index (Phi) is 4.66. The number of aliphatic hydroxyl groups is 1. The number of hydrogen-bond acceptors (Lipinski definition) is 5. The van der Waals surface area contributed by atoms with Crippen molar-refractivity contribution in [1.82, 2.24) is 15.0 Å². The lowest BCUT2D eigenvalue weighted by Gasteiger charge is -2.34. The molecule has 0 saturated carbocycles. The van der Waals surface area contributed by atoms with Gasteiger partial charge in [0.2, 0.25) is 5.82 Å². The zero-order valence-electron chi connectivity index (χ0n) is 12.8. The average Bonchev–Trinajstić information content (AvgIpc) is 2.61. The van der Waals surface area contributed by atoms with Gasteiger partial charge in [0.25, 0.3) is 0 Å². The van der Waals surface area contributed by atoms with Crippen molar-refractivity contribution in [2.24, 2.45) is 5.92 Å². The van der Waals surface area contributed by atoms with Gasteiger partial charge in [-0.2, -0.15) is 13.2 Å². The van der Waals surface area contributed by atoms with Crippen molar-refractivity contribution in [3.63, 3.8) is 0 Å². The third-order valence-electron chi connectivity index (χ3n) is 4.20. The first kappa shape index (κ1) is 16.6. The van der Waals surface area contributed by atoms with Crippen LogP contribution in [0, 0.1) is 5.92 Å². The molecule has 24 heavy (non-hydrogen) atoms. The van der Waals surface area contributed by atoms with Gasteiger partial charge in [-0.25, -0.2) is 9.97 Å². The Morgan fingerprint density at radius 1 is 1.08 bits per heavy atom. The topological polar surface area (TPSA) is 62.1 Å².